The summed E-state index contributed by atoms with van der Waals surface area (Å²) in [4.78, 5) is 71.4. The van der Waals surface area contributed by atoms with Crippen molar-refractivity contribution < 1.29 is 43.3 Å². The summed E-state index contributed by atoms with van der Waals surface area (Å²) < 4.78 is 19.6. The van der Waals surface area contributed by atoms with Crippen molar-refractivity contribution in [1.29, 1.82) is 0 Å². The van der Waals surface area contributed by atoms with Crippen molar-refractivity contribution in [2.24, 2.45) is 17.3 Å². The number of phenolic OH excluding ortho intramolecular Hbond substituents is 1. The topological polar surface area (TPSA) is 181 Å². The van der Waals surface area contributed by atoms with Gasteiger partial charge in [0.1, 0.15) is 30.1 Å². The van der Waals surface area contributed by atoms with E-state index in [0.717, 1.165) is 50.8 Å². The van der Waals surface area contributed by atoms with Crippen molar-refractivity contribution in [3.05, 3.63) is 90.0 Å². The minimum absolute atomic E-state index is 0.0137. The van der Waals surface area contributed by atoms with Crippen molar-refractivity contribution >= 4 is 40.4 Å². The number of esters is 1. The van der Waals surface area contributed by atoms with Crippen LogP contribution < -0.4 is 16.1 Å². The molecule has 0 saturated carbocycles. The Morgan fingerprint density at radius 3 is 2.54 bits per heavy atom. The summed E-state index contributed by atoms with van der Waals surface area (Å²) in [5.41, 5.74) is 10.3. The Kier molecular flexibility index (Phi) is 15.6. The highest BCUT2D eigenvalue weighted by Gasteiger charge is 2.45. The van der Waals surface area contributed by atoms with Gasteiger partial charge >= 0.3 is 5.97 Å². The molecule has 4 N–H and O–H groups in total. The number of rotatable bonds is 13. The van der Waals surface area contributed by atoms with Gasteiger partial charge in [0, 0.05) is 62.7 Å². The quantitative estimate of drug-likeness (QED) is 0.0951. The molecule has 68 heavy (non-hydrogen) atoms. The number of ether oxygens (including phenoxy) is 3. The minimum Gasteiger partial charge on any atom is -0.508 e. The summed E-state index contributed by atoms with van der Waals surface area (Å²) in [5.74, 6) is -3.38. The van der Waals surface area contributed by atoms with Gasteiger partial charge in [-0.05, 0) is 103 Å². The molecule has 0 radical (unpaired) electrons. The summed E-state index contributed by atoms with van der Waals surface area (Å²) in [6.07, 6.45) is 2.81. The molecule has 4 aromatic rings. The standard InChI is InChI=1S/C53H68N6O9/c1-10-45(61)42-28-39(49(55-42)67-9)50(63)57(7)46(31(3)4)48(62)54-43-25-32-23-35(26-36(60)24-32)34-18-19-44-38(27-34)40(47(58(44)11-2)37-16-13-12-15-33(37)20-22-66-8)29-53(5,6)30-68-52(65)41-17-14-21-59(56-41)51(43)64/h10,12-13,15-16,18-19,23-24,26-27,31,39,41-43,46,49,55-56,60H,1,11,14,17,20-22,25,28-30H2,2-9H3,(H,54,62)/t39-,41+,42?,43+,46?,49-/m1/s1. The molecule has 7 rings (SSSR count). The van der Waals surface area contributed by atoms with Gasteiger partial charge in [-0.1, -0.05) is 70.7 Å². The van der Waals surface area contributed by atoms with E-state index in [1.54, 1.807) is 26.3 Å². The van der Waals surface area contributed by atoms with Crippen molar-refractivity contribution in [3.63, 3.8) is 0 Å². The number of nitrogens with one attached hydrogen (secondary N) is 3. The summed E-state index contributed by atoms with van der Waals surface area (Å²) in [6.45, 7) is 15.2. The number of benzene rings is 3. The Labute approximate surface area is 399 Å². The lowest BCUT2D eigenvalue weighted by Gasteiger charge is -2.37. The smallest absolute Gasteiger partial charge is 0.324 e. The average molecular weight is 933 g/mol. The molecule has 15 nitrogen and oxygen atoms in total. The van der Waals surface area contributed by atoms with Crippen LogP contribution in [0.4, 0.5) is 0 Å². The van der Waals surface area contributed by atoms with Crippen LogP contribution in [0.1, 0.15) is 70.6 Å². The van der Waals surface area contributed by atoms with Gasteiger partial charge in [0.05, 0.1) is 30.9 Å². The van der Waals surface area contributed by atoms with Crippen LogP contribution >= 0.6 is 0 Å². The largest absolute Gasteiger partial charge is 0.508 e. The van der Waals surface area contributed by atoms with Crippen molar-refractivity contribution in [3.8, 4) is 28.1 Å². The summed E-state index contributed by atoms with van der Waals surface area (Å²) >= 11 is 0. The van der Waals surface area contributed by atoms with Crippen LogP contribution in [0.3, 0.4) is 0 Å². The number of ketones is 1. The molecule has 2 unspecified atom stereocenters. The monoisotopic (exact) mass is 933 g/mol. The lowest BCUT2D eigenvalue weighted by atomic mass is 9.83. The van der Waals surface area contributed by atoms with Crippen molar-refractivity contribution in [1.82, 2.24) is 30.5 Å². The third kappa shape index (κ3) is 10.6. The molecule has 3 aromatic carbocycles. The molecule has 6 bridgehead atoms. The zero-order valence-corrected chi connectivity index (χ0v) is 40.7. The highest BCUT2D eigenvalue weighted by molar-refractivity contribution is 5.97. The fourth-order valence-electron chi connectivity index (χ4n) is 10.3. The fourth-order valence-corrected chi connectivity index (χ4v) is 10.3. The van der Waals surface area contributed by atoms with Gasteiger partial charge in [-0.25, -0.2) is 5.43 Å². The second-order valence-corrected chi connectivity index (χ2v) is 19.6. The first-order chi connectivity index (χ1) is 32.5. The number of carbonyl (C=O) groups excluding carboxylic acids is 5. The van der Waals surface area contributed by atoms with Crippen LogP contribution in [-0.4, -0.2) is 120 Å². The first-order valence-electron chi connectivity index (χ1n) is 23.8. The molecule has 3 aliphatic heterocycles. The average Bonchev–Trinajstić information content (AvgIpc) is 3.89. The molecule has 6 atom stereocenters. The van der Waals surface area contributed by atoms with E-state index in [1.165, 1.54) is 23.1 Å². The number of phenols is 1. The Morgan fingerprint density at radius 1 is 1.07 bits per heavy atom. The number of fused-ring (bicyclic) bond motifs is 6. The summed E-state index contributed by atoms with van der Waals surface area (Å²) in [5, 5.41) is 19.8. The number of nitrogens with zero attached hydrogens (tertiary/aromatic N) is 3. The number of carbonyl (C=O) groups is 5. The predicted molar refractivity (Wildman–Crippen MR) is 260 cm³/mol. The molecule has 15 heteroatoms. The highest BCUT2D eigenvalue weighted by atomic mass is 16.5. The third-order valence-corrected chi connectivity index (χ3v) is 13.7. The van der Waals surface area contributed by atoms with Crippen LogP contribution in [0.15, 0.2) is 73.3 Å². The number of aryl methyl sites for hydroxylation is 1. The number of hydrogen-bond donors (Lipinski definition) is 4. The lowest BCUT2D eigenvalue weighted by Crippen LogP contribution is -2.62. The van der Waals surface area contributed by atoms with Crippen molar-refractivity contribution in [2.45, 2.75) is 110 Å². The Balaban J connectivity index is 1.30. The fraction of sp³-hybridized carbons (Fsp3) is 0.491. The number of likely N-dealkylation sites (N-methyl/N-ethyl adjacent to an activating group) is 1. The van der Waals surface area contributed by atoms with E-state index in [4.69, 9.17) is 14.2 Å². The zero-order chi connectivity index (χ0) is 49.0. The number of aromatic hydroxyl groups is 1. The first-order valence-corrected chi connectivity index (χ1v) is 23.8. The van der Waals surface area contributed by atoms with Gasteiger partial charge in [0.25, 0.3) is 5.91 Å². The molecule has 1 aromatic heterocycles. The number of cyclic esters (lactones) is 1. The van der Waals surface area contributed by atoms with E-state index < -0.39 is 71.3 Å². The minimum atomic E-state index is -1.19. The number of hydrazine groups is 1. The highest BCUT2D eigenvalue weighted by Crippen LogP contribution is 2.42. The number of amides is 3. The summed E-state index contributed by atoms with van der Waals surface area (Å²) in [7, 11) is 4.69. The van der Waals surface area contributed by atoms with E-state index in [1.807, 2.05) is 32.0 Å². The van der Waals surface area contributed by atoms with Gasteiger partial charge in [0.15, 0.2) is 5.78 Å². The van der Waals surface area contributed by atoms with Crippen molar-refractivity contribution in [2.75, 3.05) is 41.0 Å². The molecule has 2 fully saturated rings. The maximum Gasteiger partial charge on any atom is 0.324 e. The molecular formula is C53H68N6O9. The summed E-state index contributed by atoms with van der Waals surface area (Å²) in [6, 6.07) is 16.2. The number of hydrogen-bond acceptors (Lipinski definition) is 11. The Morgan fingerprint density at radius 2 is 1.84 bits per heavy atom. The van der Waals surface area contributed by atoms with E-state index in [9.17, 15) is 29.1 Å². The molecule has 3 amide bonds. The van der Waals surface area contributed by atoms with E-state index in [-0.39, 0.29) is 37.5 Å². The molecule has 4 heterocycles. The normalized spacial score (nSPS) is 22.4. The van der Waals surface area contributed by atoms with E-state index >= 15 is 0 Å². The van der Waals surface area contributed by atoms with Crippen LogP contribution in [-0.2, 0) is 64.0 Å². The zero-order valence-electron chi connectivity index (χ0n) is 40.7. The Bertz CT molecular complexity index is 2550. The second-order valence-electron chi connectivity index (χ2n) is 19.6. The molecular weight excluding hydrogens is 865 g/mol. The molecule has 2 saturated heterocycles. The second kappa shape index (κ2) is 21.2. The SMILES string of the molecule is C=CC(=O)C1C[C@@H](C(=O)N(C)C(C(=O)N[C@H]2Cc3cc(O)cc(c3)-c3ccc4c(c3)c(c(-c3ccccc3CCOC)n4CC)CC(C)(C)COC(=O)[C@@H]3CCCN(N3)C2=O)C(C)C)[C@@H](OC)N1. The number of aromatic nitrogens is 1. The van der Waals surface area contributed by atoms with Crippen LogP contribution in [0, 0.1) is 17.3 Å². The maximum atomic E-state index is 14.8. The van der Waals surface area contributed by atoms with Gasteiger partial charge in [-0.3, -0.25) is 34.3 Å². The van der Waals surface area contributed by atoms with Gasteiger partial charge in [-0.2, -0.15) is 0 Å². The molecule has 0 spiro atoms. The predicted octanol–water partition coefficient (Wildman–Crippen LogP) is 5.73. The number of methoxy groups -OCH3 is 2. The third-order valence-electron chi connectivity index (χ3n) is 13.7. The van der Waals surface area contributed by atoms with Gasteiger partial charge in [0.2, 0.25) is 11.8 Å². The molecule has 364 valence electrons. The molecule has 3 aliphatic rings. The maximum absolute atomic E-state index is 14.8. The van der Waals surface area contributed by atoms with Crippen LogP contribution in [0.2, 0.25) is 0 Å². The first kappa shape index (κ1) is 50.0. The van der Waals surface area contributed by atoms with Crippen LogP contribution in [0.5, 0.6) is 5.75 Å². The van der Waals surface area contributed by atoms with E-state index in [0.29, 0.717) is 38.0 Å². The van der Waals surface area contributed by atoms with Crippen LogP contribution in [0.25, 0.3) is 33.3 Å². The van der Waals surface area contributed by atoms with Gasteiger partial charge < -0.3 is 34.1 Å². The van der Waals surface area contributed by atoms with Gasteiger partial charge in [-0.15, -0.1) is 0 Å². The lowest BCUT2D eigenvalue weighted by molar-refractivity contribution is -0.155. The van der Waals surface area contributed by atoms with E-state index in [2.05, 4.69) is 78.3 Å². The Hall–Kier alpha value is -5.87. The molecule has 0 aliphatic carbocycles.